The fraction of sp³-hybridized carbons (Fsp3) is 0.182. The first kappa shape index (κ1) is 21.1. The molecule has 0 aliphatic heterocycles. The Balaban J connectivity index is 1.65. The van der Waals surface area contributed by atoms with Crippen LogP contribution in [0.1, 0.15) is 12.0 Å². The monoisotopic (exact) mass is 456 g/mol. The molecule has 0 spiro atoms. The van der Waals surface area contributed by atoms with Gasteiger partial charge in [-0.3, -0.25) is 0 Å². The normalized spacial score (nSPS) is 11.5. The van der Waals surface area contributed by atoms with Gasteiger partial charge >= 0.3 is 0 Å². The summed E-state index contributed by atoms with van der Waals surface area (Å²) in [5.74, 6) is 0.366. The van der Waals surface area contributed by atoms with Crippen molar-refractivity contribution >= 4 is 27.3 Å². The van der Waals surface area contributed by atoms with Crippen molar-refractivity contribution in [1.29, 1.82) is 0 Å². The van der Waals surface area contributed by atoms with Gasteiger partial charge in [-0.25, -0.2) is 13.4 Å². The highest BCUT2D eigenvalue weighted by molar-refractivity contribution is 7.91. The summed E-state index contributed by atoms with van der Waals surface area (Å²) in [4.78, 5) is 8.47. The second-order valence-corrected chi connectivity index (χ2v) is 9.36. The molecule has 0 saturated carbocycles. The van der Waals surface area contributed by atoms with Crippen LogP contribution < -0.4 is 5.32 Å². The van der Waals surface area contributed by atoms with Gasteiger partial charge in [-0.15, -0.1) is 0 Å². The van der Waals surface area contributed by atoms with Gasteiger partial charge in [-0.1, -0.05) is 29.3 Å². The van der Waals surface area contributed by atoms with Gasteiger partial charge in [0.15, 0.2) is 0 Å². The highest BCUT2D eigenvalue weighted by Gasteiger charge is 2.28. The molecule has 0 radical (unpaired) electrons. The third-order valence-corrected chi connectivity index (χ3v) is 6.61. The highest BCUT2D eigenvalue weighted by atomic mass is 35.5. The molecule has 4 rings (SSSR count). The molecule has 4 aromatic rings. The molecule has 0 saturated heterocycles. The molecule has 0 aliphatic rings. The lowest BCUT2D eigenvalue weighted by atomic mass is 10.1. The minimum atomic E-state index is -3.91. The Morgan fingerprint density at radius 2 is 1.97 bits per heavy atom. The minimum Gasteiger partial charge on any atom is -0.419 e. The van der Waals surface area contributed by atoms with Gasteiger partial charge in [0.1, 0.15) is 0 Å². The third-order valence-electron chi connectivity index (χ3n) is 4.68. The number of sulfone groups is 1. The molecule has 0 aliphatic carbocycles. The summed E-state index contributed by atoms with van der Waals surface area (Å²) in [6.07, 6.45) is 6.08. The van der Waals surface area contributed by atoms with Crippen LogP contribution in [0, 0.1) is 6.92 Å². The maximum Gasteiger partial charge on any atom is 0.233 e. The Morgan fingerprint density at radius 1 is 1.16 bits per heavy atom. The van der Waals surface area contributed by atoms with Crippen molar-refractivity contribution in [3.05, 3.63) is 77.8 Å². The topological polar surface area (TPSA) is 90.0 Å². The van der Waals surface area contributed by atoms with E-state index in [0.717, 1.165) is 18.5 Å². The third kappa shape index (κ3) is 4.81. The molecule has 9 heteroatoms. The predicted octanol–water partition coefficient (Wildman–Crippen LogP) is 4.83. The molecule has 0 unspecified atom stereocenters. The van der Waals surface area contributed by atoms with E-state index < -0.39 is 9.84 Å². The number of imidazole rings is 1. The number of hydrogen-bond donors (Lipinski definition) is 1. The van der Waals surface area contributed by atoms with Gasteiger partial charge < -0.3 is 14.3 Å². The number of nitrogens with one attached hydrogen (secondary N) is 1. The van der Waals surface area contributed by atoms with Crippen LogP contribution in [0.25, 0.3) is 11.5 Å². The fourth-order valence-corrected chi connectivity index (χ4v) is 4.51. The first-order valence-corrected chi connectivity index (χ1v) is 11.6. The molecule has 2 aromatic carbocycles. The number of hydrogen-bond acceptors (Lipinski definition) is 6. The summed E-state index contributed by atoms with van der Waals surface area (Å²) in [7, 11) is -3.91. The number of benzene rings is 2. The largest absolute Gasteiger partial charge is 0.419 e. The second kappa shape index (κ2) is 8.95. The zero-order valence-corrected chi connectivity index (χ0v) is 18.4. The van der Waals surface area contributed by atoms with Crippen molar-refractivity contribution in [3.63, 3.8) is 0 Å². The number of aromatic nitrogens is 3. The molecule has 2 aromatic heterocycles. The quantitative estimate of drug-likeness (QED) is 0.382. The molecular weight excluding hydrogens is 436 g/mol. The Bertz CT molecular complexity index is 1270. The zero-order valence-electron chi connectivity index (χ0n) is 16.8. The van der Waals surface area contributed by atoms with E-state index in [1.165, 1.54) is 24.3 Å². The van der Waals surface area contributed by atoms with E-state index in [1.54, 1.807) is 12.5 Å². The summed E-state index contributed by atoms with van der Waals surface area (Å²) in [5, 5.41) is 3.41. The van der Waals surface area contributed by atoms with Crippen LogP contribution in [0.15, 0.2) is 81.6 Å². The van der Waals surface area contributed by atoms with Crippen molar-refractivity contribution in [3.8, 4) is 11.5 Å². The fourth-order valence-electron chi connectivity index (χ4n) is 3.11. The predicted molar refractivity (Wildman–Crippen MR) is 119 cm³/mol. The van der Waals surface area contributed by atoms with Crippen molar-refractivity contribution < 1.29 is 12.8 Å². The molecule has 1 N–H and O–H groups in total. The Morgan fingerprint density at radius 3 is 2.68 bits per heavy atom. The number of anilines is 1. The van der Waals surface area contributed by atoms with Crippen molar-refractivity contribution in [2.45, 2.75) is 29.8 Å². The Labute approximate surface area is 185 Å². The summed E-state index contributed by atoms with van der Waals surface area (Å²) < 4.78 is 34.4. The standard InChI is InChI=1S/C22H21ClN4O3S/c1-16-4-2-5-17(14-16)20-26-22(31(28,29)19-8-6-18(23)7-9-19)21(30-20)25-10-3-12-27-13-11-24-15-27/h2,4-9,11,13-15,25H,3,10,12H2,1H3. The molecule has 0 atom stereocenters. The highest BCUT2D eigenvalue weighted by Crippen LogP contribution is 2.33. The van der Waals surface area contributed by atoms with Crippen LogP contribution in [-0.2, 0) is 16.4 Å². The van der Waals surface area contributed by atoms with E-state index in [4.69, 9.17) is 16.0 Å². The first-order valence-electron chi connectivity index (χ1n) is 9.71. The van der Waals surface area contributed by atoms with Crippen LogP contribution in [0.5, 0.6) is 0 Å². The average Bonchev–Trinajstić information content (AvgIpc) is 3.42. The lowest BCUT2D eigenvalue weighted by molar-refractivity contribution is 0.571. The van der Waals surface area contributed by atoms with Gasteiger partial charge in [-0.2, -0.15) is 4.98 Å². The molecular formula is C22H21ClN4O3S. The maximum absolute atomic E-state index is 13.3. The van der Waals surface area contributed by atoms with Crippen LogP contribution >= 0.6 is 11.6 Å². The summed E-state index contributed by atoms with van der Waals surface area (Å²) in [5.41, 5.74) is 1.73. The minimum absolute atomic E-state index is 0.0995. The SMILES string of the molecule is Cc1cccc(-c2nc(S(=O)(=O)c3ccc(Cl)cc3)c(NCCCn3ccnc3)o2)c1. The number of aryl methyl sites for hydroxylation is 2. The number of halogens is 1. The zero-order chi connectivity index (χ0) is 21.8. The summed E-state index contributed by atoms with van der Waals surface area (Å²) in [6, 6.07) is 13.5. The van der Waals surface area contributed by atoms with E-state index >= 15 is 0 Å². The van der Waals surface area contributed by atoms with E-state index in [9.17, 15) is 8.42 Å². The second-order valence-electron chi connectivity index (χ2n) is 7.06. The van der Waals surface area contributed by atoms with Crippen LogP contribution in [0.2, 0.25) is 5.02 Å². The maximum atomic E-state index is 13.3. The Hall–Kier alpha value is -3.10. The van der Waals surface area contributed by atoms with E-state index in [0.29, 0.717) is 17.1 Å². The van der Waals surface area contributed by atoms with Gasteiger partial charge in [0.2, 0.25) is 26.6 Å². The number of nitrogens with zero attached hydrogens (tertiary/aromatic N) is 3. The smallest absolute Gasteiger partial charge is 0.233 e. The van der Waals surface area contributed by atoms with Gasteiger partial charge in [0.25, 0.3) is 0 Å². The summed E-state index contributed by atoms with van der Waals surface area (Å²) >= 11 is 5.92. The van der Waals surface area contributed by atoms with Crippen LogP contribution in [0.4, 0.5) is 5.88 Å². The number of oxazole rings is 1. The van der Waals surface area contributed by atoms with Crippen molar-refractivity contribution in [2.75, 3.05) is 11.9 Å². The van der Waals surface area contributed by atoms with Crippen molar-refractivity contribution in [1.82, 2.24) is 14.5 Å². The summed E-state index contributed by atoms with van der Waals surface area (Å²) in [6.45, 7) is 3.20. The first-order chi connectivity index (χ1) is 14.9. The van der Waals surface area contributed by atoms with E-state index in [2.05, 4.69) is 15.3 Å². The van der Waals surface area contributed by atoms with Gasteiger partial charge in [0, 0.05) is 36.1 Å². The van der Waals surface area contributed by atoms with Crippen molar-refractivity contribution in [2.24, 2.45) is 0 Å². The van der Waals surface area contributed by atoms with E-state index in [-0.39, 0.29) is 21.7 Å². The van der Waals surface area contributed by atoms with Crippen LogP contribution in [0.3, 0.4) is 0 Å². The molecule has 7 nitrogen and oxygen atoms in total. The van der Waals surface area contributed by atoms with Gasteiger partial charge in [0.05, 0.1) is 11.2 Å². The molecule has 0 amide bonds. The lowest BCUT2D eigenvalue weighted by Crippen LogP contribution is -2.10. The van der Waals surface area contributed by atoms with Gasteiger partial charge in [-0.05, 0) is 49.7 Å². The molecule has 31 heavy (non-hydrogen) atoms. The molecule has 0 bridgehead atoms. The number of rotatable bonds is 8. The Kier molecular flexibility index (Phi) is 6.11. The van der Waals surface area contributed by atoms with Crippen LogP contribution in [-0.4, -0.2) is 29.5 Å². The molecule has 160 valence electrons. The lowest BCUT2D eigenvalue weighted by Gasteiger charge is -2.07. The molecule has 2 heterocycles. The average molecular weight is 457 g/mol. The molecule has 0 fully saturated rings. The van der Waals surface area contributed by atoms with E-state index in [1.807, 2.05) is 42.0 Å².